The summed E-state index contributed by atoms with van der Waals surface area (Å²) in [6.07, 6.45) is 0.987. The molecule has 88 valence electrons. The standard InChI is InChI=1S/C13H18BrNO/c1-9-4-5-11(10(2)12(9)14)6-13(16-3)7-15-8-13/h4-5,15H,6-8H2,1-3H3. The van der Waals surface area contributed by atoms with Crippen LogP contribution in [0.15, 0.2) is 16.6 Å². The molecule has 0 spiro atoms. The van der Waals surface area contributed by atoms with Crippen LogP contribution >= 0.6 is 15.9 Å². The highest BCUT2D eigenvalue weighted by Gasteiger charge is 2.37. The summed E-state index contributed by atoms with van der Waals surface area (Å²) in [5.74, 6) is 0. The molecule has 1 aliphatic heterocycles. The van der Waals surface area contributed by atoms with E-state index in [9.17, 15) is 0 Å². The van der Waals surface area contributed by atoms with E-state index in [1.807, 2.05) is 0 Å². The van der Waals surface area contributed by atoms with Gasteiger partial charge in [-0.2, -0.15) is 0 Å². The van der Waals surface area contributed by atoms with Gasteiger partial charge in [-0.3, -0.25) is 0 Å². The van der Waals surface area contributed by atoms with E-state index in [-0.39, 0.29) is 5.60 Å². The van der Waals surface area contributed by atoms with Gasteiger partial charge < -0.3 is 10.1 Å². The fourth-order valence-corrected chi connectivity index (χ4v) is 2.53. The van der Waals surface area contributed by atoms with Crippen molar-refractivity contribution >= 4 is 15.9 Å². The lowest BCUT2D eigenvalue weighted by atomic mass is 9.87. The van der Waals surface area contributed by atoms with E-state index in [4.69, 9.17) is 4.74 Å². The molecule has 0 aromatic heterocycles. The molecule has 1 aromatic carbocycles. The topological polar surface area (TPSA) is 21.3 Å². The third kappa shape index (κ3) is 2.04. The smallest absolute Gasteiger partial charge is 0.0966 e. The SMILES string of the molecule is COC1(Cc2ccc(C)c(Br)c2C)CNC1. The van der Waals surface area contributed by atoms with Gasteiger partial charge in [0.05, 0.1) is 5.60 Å². The van der Waals surface area contributed by atoms with E-state index in [2.05, 4.69) is 47.2 Å². The van der Waals surface area contributed by atoms with E-state index in [1.165, 1.54) is 21.2 Å². The van der Waals surface area contributed by atoms with Gasteiger partial charge in [-0.15, -0.1) is 0 Å². The number of ether oxygens (including phenoxy) is 1. The van der Waals surface area contributed by atoms with Gasteiger partial charge in [0.15, 0.2) is 0 Å². The van der Waals surface area contributed by atoms with E-state index in [0.717, 1.165) is 19.5 Å². The highest BCUT2D eigenvalue weighted by Crippen LogP contribution is 2.29. The molecule has 0 atom stereocenters. The van der Waals surface area contributed by atoms with Crippen LogP contribution in [0.1, 0.15) is 16.7 Å². The molecule has 0 bridgehead atoms. The quantitative estimate of drug-likeness (QED) is 0.921. The van der Waals surface area contributed by atoms with Crippen LogP contribution in [-0.4, -0.2) is 25.8 Å². The molecule has 16 heavy (non-hydrogen) atoms. The molecule has 1 heterocycles. The molecule has 1 aliphatic rings. The molecule has 2 nitrogen and oxygen atoms in total. The molecule has 1 fully saturated rings. The van der Waals surface area contributed by atoms with E-state index < -0.39 is 0 Å². The number of methoxy groups -OCH3 is 1. The fourth-order valence-electron chi connectivity index (χ4n) is 2.14. The largest absolute Gasteiger partial charge is 0.375 e. The van der Waals surface area contributed by atoms with Crippen molar-refractivity contribution in [3.05, 3.63) is 33.3 Å². The zero-order chi connectivity index (χ0) is 11.8. The Morgan fingerprint density at radius 3 is 2.56 bits per heavy atom. The van der Waals surface area contributed by atoms with Crippen LogP contribution in [-0.2, 0) is 11.2 Å². The Bertz CT molecular complexity index is 394. The first-order valence-electron chi connectivity index (χ1n) is 5.58. The Hall–Kier alpha value is -0.380. The van der Waals surface area contributed by atoms with Crippen LogP contribution < -0.4 is 5.32 Å². The Morgan fingerprint density at radius 2 is 2.06 bits per heavy atom. The summed E-state index contributed by atoms with van der Waals surface area (Å²) in [5, 5.41) is 3.28. The molecule has 1 N–H and O–H groups in total. The second-order valence-corrected chi connectivity index (χ2v) is 5.44. The Morgan fingerprint density at radius 1 is 1.38 bits per heavy atom. The molecule has 0 amide bonds. The summed E-state index contributed by atoms with van der Waals surface area (Å²) in [6.45, 7) is 6.20. The first kappa shape index (κ1) is 12.1. The van der Waals surface area contributed by atoms with Crippen molar-refractivity contribution in [2.75, 3.05) is 20.2 Å². The van der Waals surface area contributed by atoms with E-state index in [1.54, 1.807) is 7.11 Å². The van der Waals surface area contributed by atoms with Gasteiger partial charge in [0, 0.05) is 31.1 Å². The Labute approximate surface area is 106 Å². The van der Waals surface area contributed by atoms with Crippen molar-refractivity contribution in [2.24, 2.45) is 0 Å². The van der Waals surface area contributed by atoms with Gasteiger partial charge in [-0.25, -0.2) is 0 Å². The predicted molar refractivity (Wildman–Crippen MR) is 69.9 cm³/mol. The molecule has 0 unspecified atom stereocenters. The first-order valence-corrected chi connectivity index (χ1v) is 6.38. The monoisotopic (exact) mass is 283 g/mol. The van der Waals surface area contributed by atoms with Crippen molar-refractivity contribution in [1.29, 1.82) is 0 Å². The van der Waals surface area contributed by atoms with E-state index >= 15 is 0 Å². The second kappa shape index (κ2) is 4.47. The first-order chi connectivity index (χ1) is 7.58. The lowest BCUT2D eigenvalue weighted by Crippen LogP contribution is -2.61. The number of aryl methyl sites for hydroxylation is 1. The Kier molecular flexibility index (Phi) is 3.38. The minimum absolute atomic E-state index is 0.0134. The lowest BCUT2D eigenvalue weighted by Gasteiger charge is -2.41. The van der Waals surface area contributed by atoms with Crippen LogP contribution in [0.3, 0.4) is 0 Å². The normalized spacial score (nSPS) is 18.2. The highest BCUT2D eigenvalue weighted by molar-refractivity contribution is 9.10. The average molecular weight is 284 g/mol. The van der Waals surface area contributed by atoms with Gasteiger partial charge in [0.25, 0.3) is 0 Å². The third-order valence-electron chi connectivity index (χ3n) is 3.53. The van der Waals surface area contributed by atoms with Crippen molar-refractivity contribution < 1.29 is 4.74 Å². The molecule has 2 rings (SSSR count). The predicted octanol–water partition coefficient (Wildman–Crippen LogP) is 2.60. The average Bonchev–Trinajstić information content (AvgIpc) is 2.23. The fraction of sp³-hybridized carbons (Fsp3) is 0.538. The van der Waals surface area contributed by atoms with Crippen molar-refractivity contribution in [2.45, 2.75) is 25.9 Å². The molecule has 3 heteroatoms. The second-order valence-electron chi connectivity index (χ2n) is 4.65. The van der Waals surface area contributed by atoms with Crippen molar-refractivity contribution in [3.63, 3.8) is 0 Å². The molecule has 1 aromatic rings. The number of halogens is 1. The Balaban J connectivity index is 2.25. The third-order valence-corrected chi connectivity index (χ3v) is 4.75. The van der Waals surface area contributed by atoms with Gasteiger partial charge in [0.2, 0.25) is 0 Å². The molecule has 0 radical (unpaired) electrons. The lowest BCUT2D eigenvalue weighted by molar-refractivity contribution is -0.0503. The summed E-state index contributed by atoms with van der Waals surface area (Å²) in [6, 6.07) is 4.39. The number of benzene rings is 1. The van der Waals surface area contributed by atoms with Crippen molar-refractivity contribution in [1.82, 2.24) is 5.32 Å². The number of hydrogen-bond acceptors (Lipinski definition) is 2. The van der Waals surface area contributed by atoms with Gasteiger partial charge in [-0.05, 0) is 30.5 Å². The summed E-state index contributed by atoms with van der Waals surface area (Å²) in [4.78, 5) is 0. The zero-order valence-electron chi connectivity index (χ0n) is 10.1. The molecule has 0 aliphatic carbocycles. The van der Waals surface area contributed by atoms with Crippen LogP contribution in [0.5, 0.6) is 0 Å². The van der Waals surface area contributed by atoms with Gasteiger partial charge in [0.1, 0.15) is 0 Å². The van der Waals surface area contributed by atoms with Gasteiger partial charge in [-0.1, -0.05) is 28.1 Å². The number of rotatable bonds is 3. The van der Waals surface area contributed by atoms with Crippen LogP contribution in [0.4, 0.5) is 0 Å². The maximum Gasteiger partial charge on any atom is 0.0966 e. The summed E-state index contributed by atoms with van der Waals surface area (Å²) >= 11 is 3.64. The summed E-state index contributed by atoms with van der Waals surface area (Å²) < 4.78 is 6.85. The zero-order valence-corrected chi connectivity index (χ0v) is 11.6. The highest BCUT2D eigenvalue weighted by atomic mass is 79.9. The van der Waals surface area contributed by atoms with Crippen molar-refractivity contribution in [3.8, 4) is 0 Å². The van der Waals surface area contributed by atoms with Gasteiger partial charge >= 0.3 is 0 Å². The molecular formula is C13H18BrNO. The summed E-state index contributed by atoms with van der Waals surface area (Å²) in [5.41, 5.74) is 4.02. The minimum atomic E-state index is 0.0134. The number of hydrogen-bond donors (Lipinski definition) is 1. The maximum absolute atomic E-state index is 5.63. The minimum Gasteiger partial charge on any atom is -0.375 e. The summed E-state index contributed by atoms with van der Waals surface area (Å²) in [7, 11) is 1.80. The molecule has 0 saturated carbocycles. The van der Waals surface area contributed by atoms with E-state index in [0.29, 0.717) is 0 Å². The maximum atomic E-state index is 5.63. The molecule has 1 saturated heterocycles. The molecular weight excluding hydrogens is 266 g/mol. The van der Waals surface area contributed by atoms with Crippen LogP contribution in [0.25, 0.3) is 0 Å². The van der Waals surface area contributed by atoms with Crippen LogP contribution in [0, 0.1) is 13.8 Å². The van der Waals surface area contributed by atoms with Crippen LogP contribution in [0.2, 0.25) is 0 Å². The number of nitrogens with one attached hydrogen (secondary N) is 1.